The number of halogens is 1. The van der Waals surface area contributed by atoms with Crippen molar-refractivity contribution in [1.29, 1.82) is 0 Å². The Balaban J connectivity index is 0.00000364. The summed E-state index contributed by atoms with van der Waals surface area (Å²) in [7, 11) is 0. The van der Waals surface area contributed by atoms with Crippen LogP contribution in [0.4, 0.5) is 0 Å². The second-order valence-electron chi connectivity index (χ2n) is 5.77. The molecule has 0 saturated heterocycles. The van der Waals surface area contributed by atoms with Crippen LogP contribution in [0.25, 0.3) is 0 Å². The average molecular weight is 487 g/mol. The Bertz CT molecular complexity index is 673. The number of nitrogens with one attached hydrogen (secondary N) is 2. The molecule has 0 aliphatic heterocycles. The van der Waals surface area contributed by atoms with Gasteiger partial charge in [0.15, 0.2) is 5.96 Å². The molecule has 0 radical (unpaired) electrons. The Labute approximate surface area is 178 Å². The summed E-state index contributed by atoms with van der Waals surface area (Å²) in [4.78, 5) is 8.92. The molecule has 2 aromatic rings. The Kier molecular flexibility index (Phi) is 11.4. The molecule has 2 heterocycles. The van der Waals surface area contributed by atoms with Gasteiger partial charge in [0.05, 0.1) is 13.2 Å². The van der Waals surface area contributed by atoms with Crippen molar-refractivity contribution in [2.45, 2.75) is 46.7 Å². The number of ether oxygens (including phenoxy) is 1. The van der Waals surface area contributed by atoms with Crippen LogP contribution in [0, 0.1) is 0 Å². The molecular weight excluding hydrogens is 457 g/mol. The summed E-state index contributed by atoms with van der Waals surface area (Å²) in [5.41, 5.74) is 1.04. The highest BCUT2D eigenvalue weighted by molar-refractivity contribution is 14.0. The van der Waals surface area contributed by atoms with Gasteiger partial charge in [-0.2, -0.15) is 0 Å². The van der Waals surface area contributed by atoms with E-state index < -0.39 is 0 Å². The first kappa shape index (κ1) is 23.1. The normalized spacial score (nSPS) is 11.0. The van der Waals surface area contributed by atoms with Crippen molar-refractivity contribution >= 4 is 29.9 Å². The average Bonchev–Trinajstić information content (AvgIpc) is 3.12. The summed E-state index contributed by atoms with van der Waals surface area (Å²) in [6.07, 6.45) is 5.42. The van der Waals surface area contributed by atoms with E-state index >= 15 is 0 Å². The van der Waals surface area contributed by atoms with Crippen molar-refractivity contribution in [2.24, 2.45) is 4.99 Å². The maximum Gasteiger partial charge on any atom is 0.213 e. The summed E-state index contributed by atoms with van der Waals surface area (Å²) < 4.78 is 7.55. The van der Waals surface area contributed by atoms with Gasteiger partial charge >= 0.3 is 0 Å². The number of guanidine groups is 1. The van der Waals surface area contributed by atoms with Crippen LogP contribution in [0.1, 0.15) is 38.6 Å². The van der Waals surface area contributed by atoms with Gasteiger partial charge in [-0.1, -0.05) is 19.9 Å². The number of hydrogen-bond donors (Lipinski definition) is 2. The van der Waals surface area contributed by atoms with Crippen molar-refractivity contribution in [3.05, 3.63) is 36.0 Å². The topological polar surface area (TPSA) is 89.2 Å². The monoisotopic (exact) mass is 487 g/mol. The number of aryl methyl sites for hydroxylation is 1. The maximum atomic E-state index is 5.50. The van der Waals surface area contributed by atoms with Gasteiger partial charge in [0.1, 0.15) is 12.2 Å². The minimum Gasteiger partial charge on any atom is -0.478 e. The molecule has 0 unspecified atom stereocenters. The zero-order valence-electron chi connectivity index (χ0n) is 16.3. The van der Waals surface area contributed by atoms with Gasteiger partial charge in [0, 0.05) is 38.3 Å². The third-order valence-electron chi connectivity index (χ3n) is 3.67. The lowest BCUT2D eigenvalue weighted by Gasteiger charge is -2.12. The minimum atomic E-state index is 0. The smallest absolute Gasteiger partial charge is 0.213 e. The Morgan fingerprint density at radius 1 is 1.22 bits per heavy atom. The summed E-state index contributed by atoms with van der Waals surface area (Å²) in [5.74, 6) is 2.43. The molecule has 0 atom stereocenters. The molecule has 2 N–H and O–H groups in total. The third kappa shape index (κ3) is 8.10. The van der Waals surface area contributed by atoms with Gasteiger partial charge in [-0.05, 0) is 18.9 Å². The molecule has 8 nitrogen and oxygen atoms in total. The Hall–Kier alpha value is -1.91. The maximum absolute atomic E-state index is 5.50. The van der Waals surface area contributed by atoms with E-state index in [1.165, 1.54) is 0 Å². The molecule has 9 heteroatoms. The molecule has 2 aromatic heterocycles. The molecule has 0 aromatic carbocycles. The summed E-state index contributed by atoms with van der Waals surface area (Å²) in [5, 5.41) is 14.6. The van der Waals surface area contributed by atoms with Crippen LogP contribution in [0.2, 0.25) is 0 Å². The molecular formula is C18H30IN7O. The molecule has 27 heavy (non-hydrogen) atoms. The van der Waals surface area contributed by atoms with Crippen molar-refractivity contribution < 1.29 is 4.74 Å². The number of pyridine rings is 1. The van der Waals surface area contributed by atoms with Crippen LogP contribution in [-0.2, 0) is 19.5 Å². The van der Waals surface area contributed by atoms with Crippen LogP contribution in [0.15, 0.2) is 29.6 Å². The van der Waals surface area contributed by atoms with Gasteiger partial charge in [-0.3, -0.25) is 0 Å². The summed E-state index contributed by atoms with van der Waals surface area (Å²) >= 11 is 0. The lowest BCUT2D eigenvalue weighted by atomic mass is 10.3. The van der Waals surface area contributed by atoms with Crippen LogP contribution in [-0.4, -0.2) is 45.4 Å². The van der Waals surface area contributed by atoms with Gasteiger partial charge < -0.3 is 19.9 Å². The number of rotatable bonds is 10. The molecule has 0 bridgehead atoms. The molecule has 2 rings (SSSR count). The number of hydrogen-bond acceptors (Lipinski definition) is 5. The van der Waals surface area contributed by atoms with E-state index in [0.29, 0.717) is 19.0 Å². The molecule has 150 valence electrons. The molecule has 0 aliphatic rings. The van der Waals surface area contributed by atoms with E-state index in [0.717, 1.165) is 49.8 Å². The van der Waals surface area contributed by atoms with Gasteiger partial charge in [0.25, 0.3) is 0 Å². The highest BCUT2D eigenvalue weighted by atomic mass is 127. The Morgan fingerprint density at radius 3 is 2.74 bits per heavy atom. The SMILES string of the molecule is CCCOc1ccc(CN=C(NCC)NCCn2cnnc2CC)cn1.I. The molecule has 0 fully saturated rings. The zero-order chi connectivity index (χ0) is 18.6. The van der Waals surface area contributed by atoms with Crippen LogP contribution < -0.4 is 15.4 Å². The van der Waals surface area contributed by atoms with Crippen molar-refractivity contribution in [3.63, 3.8) is 0 Å². The first-order chi connectivity index (χ1) is 12.8. The van der Waals surface area contributed by atoms with E-state index in [4.69, 9.17) is 4.74 Å². The lowest BCUT2D eigenvalue weighted by molar-refractivity contribution is 0.305. The lowest BCUT2D eigenvalue weighted by Crippen LogP contribution is -2.38. The first-order valence-corrected chi connectivity index (χ1v) is 9.23. The predicted octanol–water partition coefficient (Wildman–Crippen LogP) is 2.40. The quantitative estimate of drug-likeness (QED) is 0.304. The fourth-order valence-electron chi connectivity index (χ4n) is 2.34. The van der Waals surface area contributed by atoms with E-state index in [-0.39, 0.29) is 24.0 Å². The Morgan fingerprint density at radius 2 is 2.07 bits per heavy atom. The van der Waals surface area contributed by atoms with Gasteiger partial charge in [-0.25, -0.2) is 9.98 Å². The second-order valence-corrected chi connectivity index (χ2v) is 5.77. The van der Waals surface area contributed by atoms with Crippen molar-refractivity contribution in [2.75, 3.05) is 19.7 Å². The summed E-state index contributed by atoms with van der Waals surface area (Å²) in [6.45, 7) is 9.80. The number of aliphatic imine (C=N–C) groups is 1. The highest BCUT2D eigenvalue weighted by Crippen LogP contribution is 2.08. The largest absolute Gasteiger partial charge is 0.478 e. The fourth-order valence-corrected chi connectivity index (χ4v) is 2.34. The first-order valence-electron chi connectivity index (χ1n) is 9.23. The van der Waals surface area contributed by atoms with E-state index in [1.54, 1.807) is 6.33 Å². The standard InChI is InChI=1S/C18H29N7O.HI/c1-4-11-26-17-8-7-15(12-21-17)13-22-18(19-6-3)20-9-10-25-14-23-24-16(25)5-2;/h7-8,12,14H,4-6,9-11,13H2,1-3H3,(H2,19,20,22);1H. The highest BCUT2D eigenvalue weighted by Gasteiger charge is 2.03. The number of aromatic nitrogens is 4. The fraction of sp³-hybridized carbons (Fsp3) is 0.556. The van der Waals surface area contributed by atoms with Crippen LogP contribution >= 0.6 is 24.0 Å². The second kappa shape index (κ2) is 13.3. The molecule has 0 aliphatic carbocycles. The van der Waals surface area contributed by atoms with E-state index in [1.807, 2.05) is 25.3 Å². The van der Waals surface area contributed by atoms with E-state index in [9.17, 15) is 0 Å². The summed E-state index contributed by atoms with van der Waals surface area (Å²) in [6, 6.07) is 3.88. The van der Waals surface area contributed by atoms with Gasteiger partial charge in [-0.15, -0.1) is 34.2 Å². The third-order valence-corrected chi connectivity index (χ3v) is 3.67. The molecule has 0 amide bonds. The van der Waals surface area contributed by atoms with E-state index in [2.05, 4.69) is 49.2 Å². The van der Waals surface area contributed by atoms with Gasteiger partial charge in [0.2, 0.25) is 5.88 Å². The zero-order valence-corrected chi connectivity index (χ0v) is 18.6. The molecule has 0 spiro atoms. The number of nitrogens with zero attached hydrogens (tertiary/aromatic N) is 5. The van der Waals surface area contributed by atoms with Crippen molar-refractivity contribution in [1.82, 2.24) is 30.4 Å². The van der Waals surface area contributed by atoms with Crippen LogP contribution in [0.3, 0.4) is 0 Å². The predicted molar refractivity (Wildman–Crippen MR) is 118 cm³/mol. The minimum absolute atomic E-state index is 0. The van der Waals surface area contributed by atoms with Crippen LogP contribution in [0.5, 0.6) is 5.88 Å². The molecule has 0 saturated carbocycles. The van der Waals surface area contributed by atoms with Crippen molar-refractivity contribution in [3.8, 4) is 5.88 Å².